The number of para-hydroxylation sites is 2. The van der Waals surface area contributed by atoms with E-state index >= 15 is 0 Å². The molecule has 0 aliphatic carbocycles. The van der Waals surface area contributed by atoms with Crippen LogP contribution in [0.3, 0.4) is 0 Å². The van der Waals surface area contributed by atoms with Gasteiger partial charge < -0.3 is 0 Å². The van der Waals surface area contributed by atoms with Crippen LogP contribution in [0.1, 0.15) is 103 Å². The molecule has 0 unspecified atom stereocenters. The molecule has 0 amide bonds. The van der Waals surface area contributed by atoms with E-state index < -0.39 is 13.3 Å². The Balaban J connectivity index is 1.80. The minimum atomic E-state index is -2.75. The van der Waals surface area contributed by atoms with Crippen molar-refractivity contribution in [2.45, 2.75) is 102 Å². The van der Waals surface area contributed by atoms with Gasteiger partial charge in [0.15, 0.2) is 0 Å². The van der Waals surface area contributed by atoms with E-state index in [1.54, 1.807) is 4.40 Å². The Morgan fingerprint density at radius 1 is 0.812 bits per heavy atom. The van der Waals surface area contributed by atoms with Crippen molar-refractivity contribution in [2.75, 3.05) is 0 Å². The molecular formula is C43H52GeN3O+. The molecule has 6 aromatic rings. The molecule has 0 atom stereocenters. The van der Waals surface area contributed by atoms with E-state index in [0.29, 0.717) is 17.4 Å². The van der Waals surface area contributed by atoms with Crippen LogP contribution in [0.2, 0.25) is 14.3 Å². The number of aryl methyl sites for hydroxylation is 2. The third-order valence-electron chi connectivity index (χ3n) is 11.4. The zero-order valence-corrected chi connectivity index (χ0v) is 33.4. The van der Waals surface area contributed by atoms with Crippen molar-refractivity contribution in [1.29, 1.82) is 5.26 Å². The second kappa shape index (κ2) is 11.7. The molecule has 4 nitrogen and oxygen atoms in total. The number of fused-ring (bicyclic) bond motifs is 4. The standard InChI is InChI=1S/C43H52GeN3O/c1-26(2)33-23-30(44(12,42(6,7)8)43(9,10)11)24-34(27(3)4)39(33)47-36-17-15-14-16-35(36)46(13)41(47)38-28(5)18-20-32-31-21-19-29(25-45)22-37(31)48-40(32)38/h14-24,26-27H,1-13H3/q+1. The maximum atomic E-state index is 9.63. The number of aromatic nitrogens is 2. The molecule has 2 heterocycles. The Labute approximate surface area is 289 Å². The molecule has 2 aromatic heterocycles. The van der Waals surface area contributed by atoms with E-state index in [9.17, 15) is 5.26 Å². The summed E-state index contributed by atoms with van der Waals surface area (Å²) in [5.74, 6) is 4.39. The number of hydrogen-bond donors (Lipinski definition) is 0. The number of nitrogens with zero attached hydrogens (tertiary/aromatic N) is 3. The summed E-state index contributed by atoms with van der Waals surface area (Å²) in [7, 11) is 2.19. The zero-order chi connectivity index (χ0) is 35.1. The summed E-state index contributed by atoms with van der Waals surface area (Å²) in [5.41, 5.74) is 10.9. The predicted octanol–water partition coefficient (Wildman–Crippen LogP) is 11.3. The van der Waals surface area contributed by atoms with Crippen LogP contribution < -0.4 is 8.96 Å². The summed E-state index contributed by atoms with van der Waals surface area (Å²) in [4.78, 5) is 0. The van der Waals surface area contributed by atoms with Crippen LogP contribution >= 0.6 is 0 Å². The monoisotopic (exact) mass is 700 g/mol. The Morgan fingerprint density at radius 3 is 1.96 bits per heavy atom. The van der Waals surface area contributed by atoms with Crippen molar-refractivity contribution < 1.29 is 8.98 Å². The average molecular weight is 700 g/mol. The zero-order valence-electron chi connectivity index (χ0n) is 31.3. The summed E-state index contributed by atoms with van der Waals surface area (Å²) < 4.78 is 13.7. The van der Waals surface area contributed by atoms with Gasteiger partial charge in [-0.1, -0.05) is 0 Å². The van der Waals surface area contributed by atoms with Gasteiger partial charge in [0, 0.05) is 0 Å². The van der Waals surface area contributed by atoms with Crippen molar-refractivity contribution in [1.82, 2.24) is 4.57 Å². The molecule has 48 heavy (non-hydrogen) atoms. The predicted molar refractivity (Wildman–Crippen MR) is 205 cm³/mol. The fraction of sp³-hybridized carbons (Fsp3) is 0.395. The molecule has 0 spiro atoms. The van der Waals surface area contributed by atoms with Crippen molar-refractivity contribution in [3.63, 3.8) is 0 Å². The Kier molecular flexibility index (Phi) is 8.27. The molecule has 0 N–H and O–H groups in total. The number of rotatable bonds is 5. The molecule has 248 valence electrons. The Hall–Kier alpha value is -3.82. The van der Waals surface area contributed by atoms with Gasteiger partial charge in [-0.3, -0.25) is 0 Å². The van der Waals surface area contributed by atoms with E-state index in [4.69, 9.17) is 4.42 Å². The van der Waals surface area contributed by atoms with Crippen LogP contribution in [-0.2, 0) is 7.05 Å². The second-order valence-electron chi connectivity index (χ2n) is 16.7. The van der Waals surface area contributed by atoms with E-state index in [1.165, 1.54) is 27.8 Å². The minimum absolute atomic E-state index is 0.222. The summed E-state index contributed by atoms with van der Waals surface area (Å²) >= 11 is -2.75. The Bertz CT molecular complexity index is 2220. The van der Waals surface area contributed by atoms with Crippen LogP contribution in [-0.4, -0.2) is 17.8 Å². The molecule has 0 fully saturated rings. The molecule has 0 aliphatic heterocycles. The first-order valence-corrected chi connectivity index (χ1v) is 22.7. The van der Waals surface area contributed by atoms with Gasteiger partial charge in [-0.05, 0) is 0 Å². The van der Waals surface area contributed by atoms with Gasteiger partial charge in [0.1, 0.15) is 0 Å². The normalized spacial score (nSPS) is 13.0. The van der Waals surface area contributed by atoms with Crippen molar-refractivity contribution >= 4 is 50.6 Å². The molecule has 0 radical (unpaired) electrons. The summed E-state index contributed by atoms with van der Waals surface area (Å²) in [5, 5.41) is 11.7. The van der Waals surface area contributed by atoms with Crippen molar-refractivity contribution in [2.24, 2.45) is 7.05 Å². The SMILES string of the molecule is Cc1ccc2c(oc3cc(C#N)ccc32)c1-c1n(-c2c(C(C)C)c[c]([Ge]([CH3])([C](C)(C)C)[C](C)(C)C)cc2C(C)C)c2ccccc2[n+]1C. The Morgan fingerprint density at radius 2 is 1.40 bits per heavy atom. The van der Waals surface area contributed by atoms with Gasteiger partial charge in [-0.2, -0.15) is 5.26 Å². The van der Waals surface area contributed by atoms with Crippen LogP contribution in [0.4, 0.5) is 0 Å². The second-order valence-corrected chi connectivity index (χ2v) is 28.9. The molecule has 6 rings (SSSR count). The van der Waals surface area contributed by atoms with E-state index in [2.05, 4.69) is 153 Å². The first-order chi connectivity index (χ1) is 22.4. The van der Waals surface area contributed by atoms with Gasteiger partial charge >= 0.3 is 280 Å². The van der Waals surface area contributed by atoms with E-state index in [-0.39, 0.29) is 8.49 Å². The third kappa shape index (κ3) is 5.04. The number of furan rings is 1. The van der Waals surface area contributed by atoms with Crippen LogP contribution in [0.25, 0.3) is 50.0 Å². The maximum absolute atomic E-state index is 9.63. The van der Waals surface area contributed by atoms with Crippen LogP contribution in [0, 0.1) is 18.3 Å². The molecular weight excluding hydrogens is 647 g/mol. The van der Waals surface area contributed by atoms with Gasteiger partial charge in [-0.25, -0.2) is 0 Å². The van der Waals surface area contributed by atoms with Gasteiger partial charge in [0.05, 0.1) is 6.07 Å². The molecule has 5 heteroatoms. The van der Waals surface area contributed by atoms with Gasteiger partial charge in [0.25, 0.3) is 0 Å². The van der Waals surface area contributed by atoms with Gasteiger partial charge in [-0.15, -0.1) is 0 Å². The number of imidazole rings is 1. The molecule has 0 bridgehead atoms. The van der Waals surface area contributed by atoms with Crippen molar-refractivity contribution in [3.8, 4) is 23.1 Å². The number of hydrogen-bond acceptors (Lipinski definition) is 2. The van der Waals surface area contributed by atoms with Gasteiger partial charge in [0.2, 0.25) is 0 Å². The van der Waals surface area contributed by atoms with Crippen LogP contribution in [0.15, 0.2) is 71.1 Å². The molecule has 0 aliphatic rings. The first kappa shape index (κ1) is 34.1. The fourth-order valence-electron chi connectivity index (χ4n) is 8.21. The van der Waals surface area contributed by atoms with E-state index in [1.807, 2.05) is 18.2 Å². The number of benzene rings is 4. The first-order valence-electron chi connectivity index (χ1n) is 17.5. The van der Waals surface area contributed by atoms with Crippen LogP contribution in [0.5, 0.6) is 0 Å². The third-order valence-corrected chi connectivity index (χ3v) is 27.0. The summed E-state index contributed by atoms with van der Waals surface area (Å²) in [6, 6.07) is 26.4. The number of nitriles is 1. The van der Waals surface area contributed by atoms with Crippen molar-refractivity contribution in [3.05, 3.63) is 89.0 Å². The average Bonchev–Trinajstić information content (AvgIpc) is 3.52. The summed E-state index contributed by atoms with van der Waals surface area (Å²) in [6.45, 7) is 26.5. The quantitative estimate of drug-likeness (QED) is 0.133. The molecule has 0 saturated carbocycles. The van der Waals surface area contributed by atoms with E-state index in [0.717, 1.165) is 38.9 Å². The molecule has 0 saturated heterocycles. The molecule has 4 aromatic carbocycles. The fourth-order valence-corrected chi connectivity index (χ4v) is 18.4. The topological polar surface area (TPSA) is 45.7 Å². The summed E-state index contributed by atoms with van der Waals surface area (Å²) in [6.07, 6.45) is 0.